The number of nitrogens with zero attached hydrogens (tertiary/aromatic N) is 4. The first-order chi connectivity index (χ1) is 17.4. The number of hydrogen-bond acceptors (Lipinski definition) is 6. The third-order valence-corrected chi connectivity index (χ3v) is 8.50. The van der Waals surface area contributed by atoms with Crippen LogP contribution < -0.4 is 0 Å². The maximum absolute atomic E-state index is 14.4. The summed E-state index contributed by atoms with van der Waals surface area (Å²) in [7, 11) is -4.03. The van der Waals surface area contributed by atoms with E-state index in [0.717, 1.165) is 47.2 Å². The number of fused-ring (bicyclic) bond motifs is 1. The highest BCUT2D eigenvalue weighted by atomic mass is 32.2. The van der Waals surface area contributed by atoms with Crippen LogP contribution in [0.25, 0.3) is 11.3 Å². The molecule has 0 radical (unpaired) electrons. The lowest BCUT2D eigenvalue weighted by atomic mass is 10.0. The SMILES string of the molecule is O=C(CCc1cc(-c2cnc(C(F)(F)F)nc2)ncc1F)C1[C@H]2C[C@H]2CN1S(=O)(=O)c1ccc(F)cc1. The van der Waals surface area contributed by atoms with Crippen LogP contribution in [0.3, 0.4) is 0 Å². The Morgan fingerprint density at radius 2 is 1.70 bits per heavy atom. The molecule has 194 valence electrons. The minimum Gasteiger partial charge on any atom is -0.298 e. The van der Waals surface area contributed by atoms with Gasteiger partial charge in [-0.05, 0) is 60.6 Å². The summed E-state index contributed by atoms with van der Waals surface area (Å²) < 4.78 is 93.3. The zero-order valence-corrected chi connectivity index (χ0v) is 19.8. The Labute approximate surface area is 208 Å². The Morgan fingerprint density at radius 3 is 2.35 bits per heavy atom. The van der Waals surface area contributed by atoms with Crippen molar-refractivity contribution in [3.05, 3.63) is 71.9 Å². The fourth-order valence-corrected chi connectivity index (χ4v) is 6.37. The van der Waals surface area contributed by atoms with Gasteiger partial charge in [0.05, 0.1) is 22.8 Å². The van der Waals surface area contributed by atoms with Crippen LogP contribution in [0.4, 0.5) is 22.0 Å². The van der Waals surface area contributed by atoms with Crippen molar-refractivity contribution in [1.29, 1.82) is 0 Å². The molecule has 3 heterocycles. The number of rotatable bonds is 7. The number of Topliss-reactive ketones (excluding diaryl/α,β-unsaturated/α-hetero) is 1. The summed E-state index contributed by atoms with van der Waals surface area (Å²) in [5.41, 5.74) is 0.353. The van der Waals surface area contributed by atoms with Gasteiger partial charge in [0.25, 0.3) is 0 Å². The standard InChI is InChI=1S/C24H19F5N4O3S/c25-16-2-4-17(5-3-16)37(35,36)33-12-14-7-18(14)22(33)21(34)6-1-13-8-20(30-11-19(13)26)15-9-31-23(32-10-15)24(27,28)29/h2-5,8-11,14,18,22H,1,6-7,12H2/t14-,18-,22?/m0/s1. The largest absolute Gasteiger partial charge is 0.451 e. The highest BCUT2D eigenvalue weighted by Gasteiger charge is 2.58. The molecule has 37 heavy (non-hydrogen) atoms. The Morgan fingerprint density at radius 1 is 1.03 bits per heavy atom. The Balaban J connectivity index is 1.32. The topological polar surface area (TPSA) is 93.1 Å². The van der Waals surface area contributed by atoms with Crippen molar-refractivity contribution in [3.8, 4) is 11.3 Å². The second-order valence-electron chi connectivity index (χ2n) is 9.05. The fraction of sp³-hybridized carbons (Fsp3) is 0.333. The summed E-state index contributed by atoms with van der Waals surface area (Å²) in [6.07, 6.45) is -1.48. The predicted molar refractivity (Wildman–Crippen MR) is 119 cm³/mol. The molecule has 1 aliphatic carbocycles. The van der Waals surface area contributed by atoms with E-state index >= 15 is 0 Å². The third-order valence-electron chi connectivity index (χ3n) is 6.63. The van der Waals surface area contributed by atoms with Gasteiger partial charge in [0.2, 0.25) is 15.8 Å². The number of pyridine rings is 1. The Kier molecular flexibility index (Phi) is 6.31. The van der Waals surface area contributed by atoms with Crippen LogP contribution in [0.1, 0.15) is 24.2 Å². The monoisotopic (exact) mass is 538 g/mol. The summed E-state index contributed by atoms with van der Waals surface area (Å²) in [6, 6.07) is 4.77. The summed E-state index contributed by atoms with van der Waals surface area (Å²) >= 11 is 0. The van der Waals surface area contributed by atoms with E-state index in [-0.39, 0.29) is 58.7 Å². The van der Waals surface area contributed by atoms with E-state index in [1.807, 2.05) is 0 Å². The van der Waals surface area contributed by atoms with E-state index in [2.05, 4.69) is 15.0 Å². The number of alkyl halides is 3. The third kappa shape index (κ3) is 4.97. The van der Waals surface area contributed by atoms with Crippen molar-refractivity contribution in [1.82, 2.24) is 19.3 Å². The number of sulfonamides is 1. The summed E-state index contributed by atoms with van der Waals surface area (Å²) in [5.74, 6) is -3.04. The molecule has 0 amide bonds. The number of carbonyl (C=O) groups excluding carboxylic acids is 1. The second-order valence-corrected chi connectivity index (χ2v) is 10.9. The molecule has 2 aromatic heterocycles. The van der Waals surface area contributed by atoms with Gasteiger partial charge in [-0.3, -0.25) is 9.78 Å². The average molecular weight is 538 g/mol. The van der Waals surface area contributed by atoms with Crippen LogP contribution in [-0.2, 0) is 27.4 Å². The number of ketones is 1. The molecule has 2 fully saturated rings. The number of aryl methyl sites for hydroxylation is 1. The van der Waals surface area contributed by atoms with Crippen LogP contribution in [0.15, 0.2) is 53.8 Å². The smallest absolute Gasteiger partial charge is 0.298 e. The van der Waals surface area contributed by atoms with Gasteiger partial charge in [-0.25, -0.2) is 27.2 Å². The minimum atomic E-state index is -4.71. The van der Waals surface area contributed by atoms with Crippen molar-refractivity contribution in [3.63, 3.8) is 0 Å². The lowest BCUT2D eigenvalue weighted by Gasteiger charge is -2.26. The van der Waals surface area contributed by atoms with E-state index in [9.17, 15) is 35.2 Å². The normalized spacial score (nSPS) is 21.6. The molecule has 13 heteroatoms. The number of aromatic nitrogens is 3. The highest BCUT2D eigenvalue weighted by molar-refractivity contribution is 7.89. The molecular formula is C24H19F5N4O3S. The van der Waals surface area contributed by atoms with Crippen LogP contribution >= 0.6 is 0 Å². The number of carbonyl (C=O) groups is 1. The zero-order valence-electron chi connectivity index (χ0n) is 19.0. The summed E-state index contributed by atoms with van der Waals surface area (Å²) in [5, 5.41) is 0. The van der Waals surface area contributed by atoms with E-state index in [4.69, 9.17) is 0 Å². The first-order valence-electron chi connectivity index (χ1n) is 11.3. The number of hydrogen-bond donors (Lipinski definition) is 0. The summed E-state index contributed by atoms with van der Waals surface area (Å²) in [6.45, 7) is 0.183. The van der Waals surface area contributed by atoms with Crippen molar-refractivity contribution >= 4 is 15.8 Å². The highest BCUT2D eigenvalue weighted by Crippen LogP contribution is 2.51. The van der Waals surface area contributed by atoms with Gasteiger partial charge in [0.1, 0.15) is 11.6 Å². The molecule has 1 aliphatic heterocycles. The van der Waals surface area contributed by atoms with E-state index in [1.165, 1.54) is 6.07 Å². The van der Waals surface area contributed by atoms with Crippen molar-refractivity contribution in [2.45, 2.75) is 36.4 Å². The van der Waals surface area contributed by atoms with E-state index in [0.29, 0.717) is 6.42 Å². The first kappa shape index (κ1) is 25.3. The number of benzene rings is 1. The van der Waals surface area contributed by atoms with E-state index in [1.54, 1.807) is 0 Å². The van der Waals surface area contributed by atoms with Crippen molar-refractivity contribution in [2.24, 2.45) is 11.8 Å². The number of piperidine rings is 1. The van der Waals surface area contributed by atoms with Crippen LogP contribution in [0, 0.1) is 23.5 Å². The van der Waals surface area contributed by atoms with Crippen LogP contribution in [0.5, 0.6) is 0 Å². The van der Waals surface area contributed by atoms with Crippen molar-refractivity contribution in [2.75, 3.05) is 6.54 Å². The van der Waals surface area contributed by atoms with Crippen LogP contribution in [0.2, 0.25) is 0 Å². The molecule has 1 unspecified atom stereocenters. The second kappa shape index (κ2) is 9.21. The Hall–Kier alpha value is -3.32. The van der Waals surface area contributed by atoms with Crippen LogP contribution in [-0.4, -0.2) is 46.0 Å². The maximum atomic E-state index is 14.4. The quantitative estimate of drug-likeness (QED) is 0.422. The Bertz CT molecular complexity index is 1450. The molecular weight excluding hydrogens is 519 g/mol. The molecule has 3 aromatic rings. The minimum absolute atomic E-state index is 0.0631. The first-order valence-corrected chi connectivity index (χ1v) is 12.7. The number of halogens is 5. The molecule has 0 N–H and O–H groups in total. The molecule has 1 saturated carbocycles. The molecule has 1 aromatic carbocycles. The van der Waals surface area contributed by atoms with Gasteiger partial charge >= 0.3 is 6.18 Å². The summed E-state index contributed by atoms with van der Waals surface area (Å²) in [4.78, 5) is 23.5. The molecule has 7 nitrogen and oxygen atoms in total. The van der Waals surface area contributed by atoms with Gasteiger partial charge in [-0.15, -0.1) is 0 Å². The molecule has 5 rings (SSSR count). The van der Waals surface area contributed by atoms with Gasteiger partial charge in [-0.2, -0.15) is 17.5 Å². The molecule has 0 bridgehead atoms. The van der Waals surface area contributed by atoms with E-state index < -0.39 is 39.7 Å². The average Bonchev–Trinajstić information content (AvgIpc) is 3.52. The lowest BCUT2D eigenvalue weighted by molar-refractivity contribution is -0.145. The van der Waals surface area contributed by atoms with Gasteiger partial charge in [-0.1, -0.05) is 0 Å². The zero-order chi connectivity index (χ0) is 26.5. The van der Waals surface area contributed by atoms with Crippen molar-refractivity contribution < 1.29 is 35.2 Å². The molecule has 1 saturated heterocycles. The fourth-order valence-electron chi connectivity index (χ4n) is 4.66. The lowest BCUT2D eigenvalue weighted by Crippen LogP contribution is -2.43. The molecule has 0 spiro atoms. The maximum Gasteiger partial charge on any atom is 0.451 e. The van der Waals surface area contributed by atoms with Gasteiger partial charge in [0.15, 0.2) is 5.78 Å². The van der Waals surface area contributed by atoms with Gasteiger partial charge in [0, 0.05) is 30.9 Å². The van der Waals surface area contributed by atoms with Gasteiger partial charge < -0.3 is 0 Å². The molecule has 2 aliphatic rings. The predicted octanol–water partition coefficient (Wildman–Crippen LogP) is 4.05. The molecule has 3 atom stereocenters.